The molecule has 0 fully saturated rings. The van der Waals surface area contributed by atoms with E-state index in [-0.39, 0.29) is 6.04 Å². The van der Waals surface area contributed by atoms with Gasteiger partial charge in [0.2, 0.25) is 5.95 Å². The van der Waals surface area contributed by atoms with Crippen LogP contribution in [0, 0.1) is 0 Å². The number of nitrogen functional groups attached to an aromatic ring is 1. The lowest BCUT2D eigenvalue weighted by atomic mass is 10.4. The molecule has 3 rings (SSSR count). The molecular weight excluding hydrogens is 256 g/mol. The molecule has 0 aliphatic carbocycles. The van der Waals surface area contributed by atoms with Gasteiger partial charge in [0.05, 0.1) is 12.5 Å². The Morgan fingerprint density at radius 2 is 2.05 bits per heavy atom. The van der Waals surface area contributed by atoms with Crippen molar-refractivity contribution in [2.75, 3.05) is 11.1 Å². The molecule has 3 heterocycles. The van der Waals surface area contributed by atoms with Gasteiger partial charge in [0, 0.05) is 18.4 Å². The molecule has 0 aliphatic heterocycles. The lowest BCUT2D eigenvalue weighted by Crippen LogP contribution is -2.05. The highest BCUT2D eigenvalue weighted by molar-refractivity contribution is 5.83. The molecule has 0 aromatic carbocycles. The lowest BCUT2D eigenvalue weighted by molar-refractivity contribution is 0.613. The maximum atomic E-state index is 5.92. The van der Waals surface area contributed by atoms with Crippen molar-refractivity contribution in [1.82, 2.24) is 29.5 Å². The third kappa shape index (κ3) is 2.11. The van der Waals surface area contributed by atoms with E-state index < -0.39 is 0 Å². The van der Waals surface area contributed by atoms with Gasteiger partial charge < -0.3 is 15.6 Å². The molecule has 0 atom stereocenters. The van der Waals surface area contributed by atoms with Crippen molar-refractivity contribution in [2.24, 2.45) is 0 Å². The van der Waals surface area contributed by atoms with E-state index in [2.05, 4.69) is 44.1 Å². The van der Waals surface area contributed by atoms with Gasteiger partial charge in [-0.2, -0.15) is 9.97 Å². The van der Waals surface area contributed by atoms with E-state index in [9.17, 15) is 0 Å². The fraction of sp³-hybridized carbons (Fsp3) is 0.250. The van der Waals surface area contributed by atoms with Crippen molar-refractivity contribution < 1.29 is 0 Å². The van der Waals surface area contributed by atoms with E-state index in [0.29, 0.717) is 28.7 Å². The zero-order chi connectivity index (χ0) is 14.1. The zero-order valence-corrected chi connectivity index (χ0v) is 11.1. The summed E-state index contributed by atoms with van der Waals surface area (Å²) >= 11 is 0. The Labute approximate surface area is 115 Å². The lowest BCUT2D eigenvalue weighted by Gasteiger charge is -2.09. The van der Waals surface area contributed by atoms with Crippen LogP contribution >= 0.6 is 0 Å². The molecule has 3 N–H and O–H groups in total. The number of nitrogens with two attached hydrogens (primary N) is 1. The summed E-state index contributed by atoms with van der Waals surface area (Å²) in [4.78, 5) is 21.0. The van der Waals surface area contributed by atoms with Crippen LogP contribution in [0.1, 0.15) is 19.9 Å². The highest BCUT2D eigenvalue weighted by Crippen LogP contribution is 2.22. The summed E-state index contributed by atoms with van der Waals surface area (Å²) in [6, 6.07) is 0.235. The average molecular weight is 270 g/mol. The summed E-state index contributed by atoms with van der Waals surface area (Å²) in [6.45, 7) is 4.10. The van der Waals surface area contributed by atoms with E-state index in [0.717, 1.165) is 0 Å². The third-order valence-corrected chi connectivity index (χ3v) is 2.81. The van der Waals surface area contributed by atoms with Crippen molar-refractivity contribution >= 4 is 28.7 Å². The molecule has 3 aromatic rings. The van der Waals surface area contributed by atoms with Gasteiger partial charge in [-0.1, -0.05) is 0 Å². The minimum atomic E-state index is 0.235. The molecule has 0 aliphatic rings. The monoisotopic (exact) mass is 270 g/mol. The number of hydrogen-bond donors (Lipinski definition) is 2. The van der Waals surface area contributed by atoms with Crippen molar-refractivity contribution in [3.63, 3.8) is 0 Å². The van der Waals surface area contributed by atoms with E-state index >= 15 is 0 Å². The first-order chi connectivity index (χ1) is 9.65. The molecule has 8 nitrogen and oxygen atoms in total. The summed E-state index contributed by atoms with van der Waals surface area (Å²) in [5.41, 5.74) is 7.21. The Morgan fingerprint density at radius 3 is 2.75 bits per heavy atom. The first-order valence-electron chi connectivity index (χ1n) is 6.18. The summed E-state index contributed by atoms with van der Waals surface area (Å²) in [6.07, 6.45) is 6.48. The Morgan fingerprint density at radius 1 is 1.20 bits per heavy atom. The minimum absolute atomic E-state index is 0.235. The molecule has 0 spiro atoms. The fourth-order valence-corrected chi connectivity index (χ4v) is 1.85. The SMILES string of the molecule is CC(C)n1cnc2c(N)nc(Nc3cnccn3)nc21. The third-order valence-electron chi connectivity index (χ3n) is 2.81. The molecule has 3 aromatic heterocycles. The molecule has 0 unspecified atom stereocenters. The number of aromatic nitrogens is 6. The van der Waals surface area contributed by atoms with E-state index in [1.54, 1.807) is 24.9 Å². The predicted octanol–water partition coefficient (Wildman–Crippen LogP) is 1.52. The fourth-order valence-electron chi connectivity index (χ4n) is 1.85. The quantitative estimate of drug-likeness (QED) is 0.742. The molecule has 0 bridgehead atoms. The summed E-state index contributed by atoms with van der Waals surface area (Å²) in [5, 5.41) is 2.98. The van der Waals surface area contributed by atoms with Gasteiger partial charge in [0.15, 0.2) is 17.3 Å². The van der Waals surface area contributed by atoms with E-state index in [4.69, 9.17) is 5.73 Å². The normalized spacial score (nSPS) is 11.2. The number of anilines is 3. The van der Waals surface area contributed by atoms with Crippen molar-refractivity contribution in [3.8, 4) is 0 Å². The molecule has 102 valence electrons. The molecule has 0 amide bonds. The Kier molecular flexibility index (Phi) is 2.90. The second kappa shape index (κ2) is 4.72. The standard InChI is InChI=1S/C12H14N8/c1-7(2)20-6-16-9-10(13)18-12(19-11(9)20)17-8-5-14-3-4-15-8/h3-7H,1-2H3,(H3,13,15,17,18,19). The van der Waals surface area contributed by atoms with Crippen LogP contribution in [0.2, 0.25) is 0 Å². The Hall–Kier alpha value is -2.77. The zero-order valence-electron chi connectivity index (χ0n) is 11.1. The van der Waals surface area contributed by atoms with Crippen LogP contribution in [-0.4, -0.2) is 29.5 Å². The van der Waals surface area contributed by atoms with Crippen LogP contribution in [0.3, 0.4) is 0 Å². The van der Waals surface area contributed by atoms with Crippen LogP contribution in [-0.2, 0) is 0 Å². The highest BCUT2D eigenvalue weighted by atomic mass is 15.2. The first kappa shape index (κ1) is 12.3. The van der Waals surface area contributed by atoms with Crippen LogP contribution < -0.4 is 11.1 Å². The van der Waals surface area contributed by atoms with Gasteiger partial charge >= 0.3 is 0 Å². The number of nitrogens with one attached hydrogen (secondary N) is 1. The van der Waals surface area contributed by atoms with Gasteiger partial charge in [-0.25, -0.2) is 9.97 Å². The molecular formula is C12H14N8. The Bertz CT molecular complexity index is 734. The molecule has 20 heavy (non-hydrogen) atoms. The van der Waals surface area contributed by atoms with Crippen molar-refractivity contribution in [1.29, 1.82) is 0 Å². The van der Waals surface area contributed by atoms with E-state index in [1.807, 2.05) is 4.57 Å². The predicted molar refractivity (Wildman–Crippen MR) is 75.4 cm³/mol. The Balaban J connectivity index is 2.06. The van der Waals surface area contributed by atoms with Crippen LogP contribution in [0.4, 0.5) is 17.6 Å². The highest BCUT2D eigenvalue weighted by Gasteiger charge is 2.13. The summed E-state index contributed by atoms with van der Waals surface area (Å²) in [7, 11) is 0. The van der Waals surface area contributed by atoms with Crippen molar-refractivity contribution in [2.45, 2.75) is 19.9 Å². The minimum Gasteiger partial charge on any atom is -0.382 e. The number of fused-ring (bicyclic) bond motifs is 1. The number of nitrogens with zero attached hydrogens (tertiary/aromatic N) is 6. The number of rotatable bonds is 3. The first-order valence-corrected chi connectivity index (χ1v) is 6.18. The van der Waals surface area contributed by atoms with Crippen molar-refractivity contribution in [3.05, 3.63) is 24.9 Å². The second-order valence-corrected chi connectivity index (χ2v) is 4.57. The molecule has 8 heteroatoms. The maximum Gasteiger partial charge on any atom is 0.232 e. The van der Waals surface area contributed by atoms with Gasteiger partial charge in [0.25, 0.3) is 0 Å². The van der Waals surface area contributed by atoms with Gasteiger partial charge in [-0.15, -0.1) is 0 Å². The van der Waals surface area contributed by atoms with Gasteiger partial charge in [0.1, 0.15) is 5.52 Å². The number of hydrogen-bond acceptors (Lipinski definition) is 7. The van der Waals surface area contributed by atoms with Crippen LogP contribution in [0.25, 0.3) is 11.2 Å². The van der Waals surface area contributed by atoms with E-state index in [1.165, 1.54) is 0 Å². The summed E-state index contributed by atoms with van der Waals surface area (Å²) < 4.78 is 1.94. The van der Waals surface area contributed by atoms with Gasteiger partial charge in [-0.05, 0) is 13.8 Å². The smallest absolute Gasteiger partial charge is 0.232 e. The molecule has 0 saturated carbocycles. The topological polar surface area (TPSA) is 107 Å². The van der Waals surface area contributed by atoms with Crippen LogP contribution in [0.5, 0.6) is 0 Å². The summed E-state index contributed by atoms with van der Waals surface area (Å²) in [5.74, 6) is 1.26. The molecule has 0 radical (unpaired) electrons. The molecule has 0 saturated heterocycles. The van der Waals surface area contributed by atoms with Crippen LogP contribution in [0.15, 0.2) is 24.9 Å². The number of imidazole rings is 1. The average Bonchev–Trinajstić information content (AvgIpc) is 2.84. The maximum absolute atomic E-state index is 5.92. The van der Waals surface area contributed by atoms with Gasteiger partial charge in [-0.3, -0.25) is 4.98 Å². The second-order valence-electron chi connectivity index (χ2n) is 4.57. The largest absolute Gasteiger partial charge is 0.382 e.